The van der Waals surface area contributed by atoms with Gasteiger partial charge in [0.1, 0.15) is 5.75 Å². The highest BCUT2D eigenvalue weighted by molar-refractivity contribution is 6.30. The van der Waals surface area contributed by atoms with E-state index in [0.717, 1.165) is 36.8 Å². The van der Waals surface area contributed by atoms with Crippen molar-refractivity contribution in [3.8, 4) is 34.0 Å². The molecular formula is C29H29ClN6O2. The van der Waals surface area contributed by atoms with Crippen LogP contribution in [-0.4, -0.2) is 38.0 Å². The fourth-order valence-corrected chi connectivity index (χ4v) is 5.11. The highest BCUT2D eigenvalue weighted by Crippen LogP contribution is 2.37. The number of carbonyl (C=O) groups excluding carboxylic acids is 1. The summed E-state index contributed by atoms with van der Waals surface area (Å²) in [5.74, 6) is 0.0216. The lowest BCUT2D eigenvalue weighted by Gasteiger charge is -2.17. The minimum Gasteiger partial charge on any atom is -0.507 e. The maximum atomic E-state index is 12.9. The molecule has 3 aromatic carbocycles. The number of anilines is 1. The summed E-state index contributed by atoms with van der Waals surface area (Å²) in [4.78, 5) is 12.9. The second-order valence-corrected chi connectivity index (χ2v) is 9.88. The Morgan fingerprint density at radius 3 is 2.34 bits per heavy atom. The monoisotopic (exact) mass is 528 g/mol. The van der Waals surface area contributed by atoms with Crippen LogP contribution in [0.2, 0.25) is 5.02 Å². The number of benzene rings is 3. The number of amides is 1. The highest BCUT2D eigenvalue weighted by atomic mass is 35.5. The van der Waals surface area contributed by atoms with E-state index in [1.165, 1.54) is 6.07 Å². The lowest BCUT2D eigenvalue weighted by Crippen LogP contribution is -2.26. The third-order valence-electron chi connectivity index (χ3n) is 6.97. The van der Waals surface area contributed by atoms with E-state index in [-0.39, 0.29) is 29.2 Å². The SMILES string of the molecule is CCNC(=O)c1nnc(-c2cc(C(=N)C3CCCC3)c(N)cc2O)n1-c1ccc(-c2ccc(Cl)cc2)cc1. The third-order valence-corrected chi connectivity index (χ3v) is 7.22. The molecule has 1 amide bonds. The molecule has 0 unspecified atom stereocenters. The summed E-state index contributed by atoms with van der Waals surface area (Å²) >= 11 is 6.03. The van der Waals surface area contributed by atoms with E-state index >= 15 is 0 Å². The van der Waals surface area contributed by atoms with Gasteiger partial charge in [-0.2, -0.15) is 0 Å². The third kappa shape index (κ3) is 4.87. The average molecular weight is 529 g/mol. The van der Waals surface area contributed by atoms with Crippen molar-refractivity contribution in [2.24, 2.45) is 5.92 Å². The Hall–Kier alpha value is -4.17. The molecule has 194 valence electrons. The zero-order valence-electron chi connectivity index (χ0n) is 21.0. The van der Waals surface area contributed by atoms with E-state index < -0.39 is 0 Å². The predicted octanol–water partition coefficient (Wildman–Crippen LogP) is 5.85. The number of aromatic hydroxyl groups is 1. The van der Waals surface area contributed by atoms with Crippen molar-refractivity contribution in [1.29, 1.82) is 5.41 Å². The Morgan fingerprint density at radius 2 is 1.71 bits per heavy atom. The number of phenols is 1. The molecule has 9 heteroatoms. The summed E-state index contributed by atoms with van der Waals surface area (Å²) in [5, 5.41) is 31.6. The maximum absolute atomic E-state index is 12.9. The Bertz CT molecular complexity index is 1490. The Morgan fingerprint density at radius 1 is 1.08 bits per heavy atom. The summed E-state index contributed by atoms with van der Waals surface area (Å²) in [6.45, 7) is 2.25. The largest absolute Gasteiger partial charge is 0.507 e. The molecule has 0 aliphatic heterocycles. The van der Waals surface area contributed by atoms with E-state index in [4.69, 9.17) is 22.7 Å². The van der Waals surface area contributed by atoms with Crippen molar-refractivity contribution >= 4 is 28.9 Å². The zero-order valence-corrected chi connectivity index (χ0v) is 21.8. The number of nitrogens with two attached hydrogens (primary N) is 1. The Labute approximate surface area is 226 Å². The second kappa shape index (κ2) is 10.7. The van der Waals surface area contributed by atoms with Gasteiger partial charge in [-0.15, -0.1) is 10.2 Å². The van der Waals surface area contributed by atoms with Gasteiger partial charge in [0, 0.05) is 46.2 Å². The molecule has 0 spiro atoms. The zero-order chi connectivity index (χ0) is 26.8. The van der Waals surface area contributed by atoms with Crippen LogP contribution < -0.4 is 11.1 Å². The molecule has 5 rings (SSSR count). The smallest absolute Gasteiger partial charge is 0.289 e. The normalized spacial score (nSPS) is 13.5. The standard InChI is InChI=1S/C29H29ClN6O2/c1-2-33-29(38)28-35-34-27(23-15-22(24(31)16-25(23)37)26(32)19-5-3-4-6-19)36(28)21-13-9-18(10-14-21)17-7-11-20(30)12-8-17/h7-16,19,32,37H,2-6,31H2,1H3,(H,33,38). The summed E-state index contributed by atoms with van der Waals surface area (Å²) in [6.07, 6.45) is 4.08. The molecule has 0 saturated heterocycles. The van der Waals surface area contributed by atoms with Crippen LogP contribution in [0, 0.1) is 11.3 Å². The minimum atomic E-state index is -0.387. The van der Waals surface area contributed by atoms with Crippen LogP contribution in [0.4, 0.5) is 5.69 Å². The number of nitrogens with one attached hydrogen (secondary N) is 2. The van der Waals surface area contributed by atoms with E-state index in [9.17, 15) is 9.90 Å². The molecule has 1 aliphatic rings. The van der Waals surface area contributed by atoms with Crippen LogP contribution in [0.5, 0.6) is 5.75 Å². The number of nitrogens with zero attached hydrogens (tertiary/aromatic N) is 3. The summed E-state index contributed by atoms with van der Waals surface area (Å²) in [7, 11) is 0. The molecule has 4 aromatic rings. The number of phenolic OH excluding ortho intramolecular Hbond substituents is 1. The number of rotatable bonds is 7. The summed E-state index contributed by atoms with van der Waals surface area (Å²) < 4.78 is 1.62. The summed E-state index contributed by atoms with van der Waals surface area (Å²) in [5.41, 5.74) is 10.6. The van der Waals surface area contributed by atoms with Crippen LogP contribution in [0.3, 0.4) is 0 Å². The van der Waals surface area contributed by atoms with Gasteiger partial charge >= 0.3 is 0 Å². The Kier molecular flexibility index (Phi) is 7.15. The Balaban J connectivity index is 1.61. The van der Waals surface area contributed by atoms with Gasteiger partial charge in [-0.3, -0.25) is 9.36 Å². The number of hydrogen-bond acceptors (Lipinski definition) is 6. The van der Waals surface area contributed by atoms with E-state index in [0.29, 0.717) is 39.8 Å². The quantitative estimate of drug-likeness (QED) is 0.176. The van der Waals surface area contributed by atoms with Gasteiger partial charge in [0.15, 0.2) is 5.82 Å². The van der Waals surface area contributed by atoms with Crippen LogP contribution in [0.25, 0.3) is 28.2 Å². The van der Waals surface area contributed by atoms with Gasteiger partial charge < -0.3 is 21.6 Å². The molecule has 8 nitrogen and oxygen atoms in total. The van der Waals surface area contributed by atoms with Gasteiger partial charge in [-0.05, 0) is 61.2 Å². The molecule has 0 bridgehead atoms. The van der Waals surface area contributed by atoms with Crippen molar-refractivity contribution in [1.82, 2.24) is 20.1 Å². The van der Waals surface area contributed by atoms with Crippen LogP contribution in [0.15, 0.2) is 60.7 Å². The molecule has 1 aliphatic carbocycles. The number of hydrogen-bond donors (Lipinski definition) is 4. The number of halogens is 1. The molecule has 1 saturated carbocycles. The van der Waals surface area contributed by atoms with Crippen molar-refractivity contribution in [2.75, 3.05) is 12.3 Å². The minimum absolute atomic E-state index is 0.0877. The lowest BCUT2D eigenvalue weighted by molar-refractivity contribution is 0.0943. The van der Waals surface area contributed by atoms with Gasteiger partial charge in [0.2, 0.25) is 5.82 Å². The molecule has 1 aromatic heterocycles. The van der Waals surface area contributed by atoms with Crippen molar-refractivity contribution < 1.29 is 9.90 Å². The van der Waals surface area contributed by atoms with Gasteiger partial charge in [0.05, 0.1) is 5.56 Å². The van der Waals surface area contributed by atoms with Crippen LogP contribution in [0.1, 0.15) is 48.8 Å². The lowest BCUT2D eigenvalue weighted by atomic mass is 9.92. The molecule has 0 atom stereocenters. The molecular weight excluding hydrogens is 500 g/mol. The number of aromatic nitrogens is 3. The second-order valence-electron chi connectivity index (χ2n) is 9.45. The molecule has 1 heterocycles. The first-order valence-electron chi connectivity index (χ1n) is 12.7. The average Bonchev–Trinajstić information content (AvgIpc) is 3.60. The van der Waals surface area contributed by atoms with Crippen LogP contribution in [-0.2, 0) is 0 Å². The molecule has 1 fully saturated rings. The van der Waals surface area contributed by atoms with Crippen molar-refractivity contribution in [2.45, 2.75) is 32.6 Å². The first-order chi connectivity index (χ1) is 18.4. The van der Waals surface area contributed by atoms with E-state index in [1.54, 1.807) is 10.6 Å². The van der Waals surface area contributed by atoms with Crippen molar-refractivity contribution in [3.63, 3.8) is 0 Å². The maximum Gasteiger partial charge on any atom is 0.289 e. The topological polar surface area (TPSA) is 130 Å². The van der Waals surface area contributed by atoms with Gasteiger partial charge in [-0.25, -0.2) is 0 Å². The first kappa shape index (κ1) is 25.5. The van der Waals surface area contributed by atoms with E-state index in [2.05, 4.69) is 15.5 Å². The predicted molar refractivity (Wildman–Crippen MR) is 150 cm³/mol. The number of nitrogen functional groups attached to an aromatic ring is 1. The summed E-state index contributed by atoms with van der Waals surface area (Å²) in [6, 6.07) is 18.3. The molecule has 5 N–H and O–H groups in total. The fraction of sp³-hybridized carbons (Fsp3) is 0.241. The van der Waals surface area contributed by atoms with Crippen molar-refractivity contribution in [3.05, 3.63) is 77.1 Å². The number of carbonyl (C=O) groups is 1. The fourth-order valence-electron chi connectivity index (χ4n) is 4.99. The first-order valence-corrected chi connectivity index (χ1v) is 13.1. The van der Waals surface area contributed by atoms with E-state index in [1.807, 2.05) is 55.5 Å². The molecule has 0 radical (unpaired) electrons. The highest BCUT2D eigenvalue weighted by Gasteiger charge is 2.26. The van der Waals surface area contributed by atoms with Gasteiger partial charge in [-0.1, -0.05) is 48.7 Å². The van der Waals surface area contributed by atoms with Gasteiger partial charge in [0.25, 0.3) is 5.91 Å². The molecule has 38 heavy (non-hydrogen) atoms. The van der Waals surface area contributed by atoms with Crippen LogP contribution >= 0.6 is 11.6 Å².